The van der Waals surface area contributed by atoms with Crippen molar-refractivity contribution in [1.29, 1.82) is 0 Å². The Morgan fingerprint density at radius 3 is 2.95 bits per heavy atom. The van der Waals surface area contributed by atoms with Gasteiger partial charge < -0.3 is 9.47 Å². The molecule has 0 atom stereocenters. The molecule has 0 saturated heterocycles. The fourth-order valence-corrected chi connectivity index (χ4v) is 2.81. The van der Waals surface area contributed by atoms with Crippen molar-refractivity contribution in [2.45, 2.75) is 13.5 Å². The summed E-state index contributed by atoms with van der Waals surface area (Å²) in [5.74, 6) is 5.60. The number of ether oxygens (including phenoxy) is 2. The number of rotatable bonds is 6. The molecule has 0 aliphatic heterocycles. The lowest BCUT2D eigenvalue weighted by atomic mass is 10.2. The van der Waals surface area contributed by atoms with E-state index in [1.807, 2.05) is 31.2 Å². The van der Waals surface area contributed by atoms with Crippen LogP contribution in [-0.4, -0.2) is 24.6 Å². The lowest BCUT2D eigenvalue weighted by Crippen LogP contribution is -2.30. The second-order valence-corrected chi connectivity index (χ2v) is 5.16. The Morgan fingerprint density at radius 1 is 1.48 bits per heavy atom. The summed E-state index contributed by atoms with van der Waals surface area (Å²) in [6.07, 6.45) is 0. The maximum atomic E-state index is 11.8. The van der Waals surface area contributed by atoms with Gasteiger partial charge in [-0.05, 0) is 19.1 Å². The Bertz CT molecular complexity index is 628. The SMILES string of the molecule is CCOc1cccc(-c2nc(COC)c(C(=O)NN)s2)c1. The maximum Gasteiger partial charge on any atom is 0.277 e. The smallest absolute Gasteiger partial charge is 0.277 e. The van der Waals surface area contributed by atoms with Gasteiger partial charge in [0.25, 0.3) is 5.91 Å². The molecule has 1 heterocycles. The minimum absolute atomic E-state index is 0.254. The fraction of sp³-hybridized carbons (Fsp3) is 0.286. The summed E-state index contributed by atoms with van der Waals surface area (Å²) in [7, 11) is 1.55. The summed E-state index contributed by atoms with van der Waals surface area (Å²) in [6.45, 7) is 2.78. The molecule has 6 nitrogen and oxygen atoms in total. The quantitative estimate of drug-likeness (QED) is 0.484. The molecule has 2 aromatic rings. The Balaban J connectivity index is 2.39. The molecule has 7 heteroatoms. The molecule has 0 unspecified atom stereocenters. The molecular formula is C14H17N3O3S. The Kier molecular flexibility index (Phi) is 5.26. The van der Waals surface area contributed by atoms with Crippen LogP contribution in [0.3, 0.4) is 0 Å². The predicted molar refractivity (Wildman–Crippen MR) is 81.1 cm³/mol. The molecule has 0 aliphatic rings. The van der Waals surface area contributed by atoms with Gasteiger partial charge in [-0.1, -0.05) is 12.1 Å². The summed E-state index contributed by atoms with van der Waals surface area (Å²) < 4.78 is 10.5. The Hall–Kier alpha value is -1.96. The van der Waals surface area contributed by atoms with E-state index < -0.39 is 0 Å². The van der Waals surface area contributed by atoms with Crippen molar-refractivity contribution in [3.63, 3.8) is 0 Å². The van der Waals surface area contributed by atoms with Gasteiger partial charge in [0.05, 0.1) is 18.9 Å². The van der Waals surface area contributed by atoms with Gasteiger partial charge >= 0.3 is 0 Å². The van der Waals surface area contributed by atoms with E-state index in [9.17, 15) is 4.79 Å². The van der Waals surface area contributed by atoms with E-state index in [1.165, 1.54) is 11.3 Å². The molecule has 3 N–H and O–H groups in total. The number of nitrogens with two attached hydrogens (primary N) is 1. The molecule has 0 aliphatic carbocycles. The van der Waals surface area contributed by atoms with E-state index in [4.69, 9.17) is 15.3 Å². The summed E-state index contributed by atoms with van der Waals surface area (Å²) in [4.78, 5) is 16.7. The number of amides is 1. The third-order valence-electron chi connectivity index (χ3n) is 2.71. The molecular weight excluding hydrogens is 290 g/mol. The number of carbonyl (C=O) groups is 1. The molecule has 0 fully saturated rings. The van der Waals surface area contributed by atoms with Crippen LogP contribution in [0.2, 0.25) is 0 Å². The highest BCUT2D eigenvalue weighted by Crippen LogP contribution is 2.30. The molecule has 0 saturated carbocycles. The van der Waals surface area contributed by atoms with E-state index in [1.54, 1.807) is 7.11 Å². The molecule has 1 amide bonds. The first-order chi connectivity index (χ1) is 10.2. The fourth-order valence-electron chi connectivity index (χ4n) is 1.84. The highest BCUT2D eigenvalue weighted by molar-refractivity contribution is 7.17. The zero-order chi connectivity index (χ0) is 15.2. The number of hydrogen-bond donors (Lipinski definition) is 2. The normalized spacial score (nSPS) is 10.4. The van der Waals surface area contributed by atoms with Crippen molar-refractivity contribution in [1.82, 2.24) is 10.4 Å². The molecule has 112 valence electrons. The minimum atomic E-state index is -0.369. The summed E-state index contributed by atoms with van der Waals surface area (Å²) in [6, 6.07) is 7.58. The van der Waals surface area contributed by atoms with Gasteiger partial charge in [-0.25, -0.2) is 10.8 Å². The topological polar surface area (TPSA) is 86.5 Å². The number of aromatic nitrogens is 1. The van der Waals surface area contributed by atoms with E-state index in [0.29, 0.717) is 17.2 Å². The highest BCUT2D eigenvalue weighted by atomic mass is 32.1. The first-order valence-corrected chi connectivity index (χ1v) is 7.24. The van der Waals surface area contributed by atoms with Crippen LogP contribution in [0.25, 0.3) is 10.6 Å². The van der Waals surface area contributed by atoms with Crippen LogP contribution in [0, 0.1) is 0 Å². The number of thiazole rings is 1. The van der Waals surface area contributed by atoms with Gasteiger partial charge in [-0.15, -0.1) is 11.3 Å². The van der Waals surface area contributed by atoms with E-state index in [-0.39, 0.29) is 12.5 Å². The van der Waals surface area contributed by atoms with Gasteiger partial charge in [-0.3, -0.25) is 10.2 Å². The zero-order valence-electron chi connectivity index (χ0n) is 11.9. The third kappa shape index (κ3) is 3.57. The second-order valence-electron chi connectivity index (χ2n) is 4.16. The molecule has 1 aromatic heterocycles. The zero-order valence-corrected chi connectivity index (χ0v) is 12.7. The van der Waals surface area contributed by atoms with Crippen molar-refractivity contribution in [3.8, 4) is 16.3 Å². The first kappa shape index (κ1) is 15.4. The monoisotopic (exact) mass is 307 g/mol. The van der Waals surface area contributed by atoms with Crippen LogP contribution in [-0.2, 0) is 11.3 Å². The van der Waals surface area contributed by atoms with Crippen molar-refractivity contribution in [2.75, 3.05) is 13.7 Å². The van der Waals surface area contributed by atoms with Gasteiger partial charge in [0.15, 0.2) is 0 Å². The standard InChI is InChI=1S/C14H17N3O3S/c1-3-20-10-6-4-5-9(7-10)14-16-11(8-19-2)12(21-14)13(18)17-15/h4-7H,3,8,15H2,1-2H3,(H,17,18). The first-order valence-electron chi connectivity index (χ1n) is 6.42. The Morgan fingerprint density at radius 2 is 2.29 bits per heavy atom. The van der Waals surface area contributed by atoms with E-state index >= 15 is 0 Å². The van der Waals surface area contributed by atoms with Crippen LogP contribution < -0.4 is 16.0 Å². The molecule has 1 aromatic carbocycles. The molecule has 0 bridgehead atoms. The number of benzene rings is 1. The lowest BCUT2D eigenvalue weighted by Gasteiger charge is -2.03. The van der Waals surface area contributed by atoms with Crippen molar-refractivity contribution in [2.24, 2.45) is 5.84 Å². The second kappa shape index (κ2) is 7.16. The summed E-state index contributed by atoms with van der Waals surface area (Å²) >= 11 is 1.27. The van der Waals surface area contributed by atoms with Crippen molar-refractivity contribution in [3.05, 3.63) is 34.8 Å². The average Bonchev–Trinajstić information content (AvgIpc) is 2.92. The van der Waals surface area contributed by atoms with Crippen molar-refractivity contribution >= 4 is 17.2 Å². The van der Waals surface area contributed by atoms with Crippen LogP contribution in [0.5, 0.6) is 5.75 Å². The van der Waals surface area contributed by atoms with E-state index in [0.717, 1.165) is 16.3 Å². The van der Waals surface area contributed by atoms with Gasteiger partial charge in [0.2, 0.25) is 0 Å². The number of hydrazine groups is 1. The number of nitrogens with zero attached hydrogens (tertiary/aromatic N) is 1. The third-order valence-corrected chi connectivity index (χ3v) is 3.85. The van der Waals surface area contributed by atoms with Gasteiger partial charge in [-0.2, -0.15) is 0 Å². The minimum Gasteiger partial charge on any atom is -0.494 e. The number of carbonyl (C=O) groups excluding carboxylic acids is 1. The lowest BCUT2D eigenvalue weighted by molar-refractivity contribution is 0.0952. The summed E-state index contributed by atoms with van der Waals surface area (Å²) in [5.41, 5.74) is 3.59. The molecule has 21 heavy (non-hydrogen) atoms. The van der Waals surface area contributed by atoms with E-state index in [2.05, 4.69) is 10.4 Å². The van der Waals surface area contributed by atoms with Crippen molar-refractivity contribution < 1.29 is 14.3 Å². The van der Waals surface area contributed by atoms with Crippen LogP contribution >= 0.6 is 11.3 Å². The van der Waals surface area contributed by atoms with Gasteiger partial charge in [0, 0.05) is 12.7 Å². The largest absolute Gasteiger partial charge is 0.494 e. The molecule has 2 rings (SSSR count). The highest BCUT2D eigenvalue weighted by Gasteiger charge is 2.18. The number of nitrogen functional groups attached to an aromatic ring is 1. The number of hydrogen-bond acceptors (Lipinski definition) is 6. The number of nitrogens with one attached hydrogen (secondary N) is 1. The molecule has 0 spiro atoms. The van der Waals surface area contributed by atoms with Crippen LogP contribution in [0.15, 0.2) is 24.3 Å². The maximum absolute atomic E-state index is 11.8. The van der Waals surface area contributed by atoms with Gasteiger partial charge in [0.1, 0.15) is 15.6 Å². The average molecular weight is 307 g/mol. The summed E-state index contributed by atoms with van der Waals surface area (Å²) in [5, 5.41) is 0.724. The van der Waals surface area contributed by atoms with Crippen LogP contribution in [0.1, 0.15) is 22.3 Å². The Labute approximate surface area is 126 Å². The predicted octanol–water partition coefficient (Wildman–Crippen LogP) is 1.96. The van der Waals surface area contributed by atoms with Crippen LogP contribution in [0.4, 0.5) is 0 Å². The number of methoxy groups -OCH3 is 1. The molecule has 0 radical (unpaired) electrons.